The molecule has 0 fully saturated rings. The van der Waals surface area contributed by atoms with Gasteiger partial charge in [0, 0.05) is 9.86 Å². The summed E-state index contributed by atoms with van der Waals surface area (Å²) < 4.78 is 0.929. The van der Waals surface area contributed by atoms with Crippen LogP contribution in [-0.2, 0) is 0 Å². The molecule has 0 aliphatic rings. The van der Waals surface area contributed by atoms with Gasteiger partial charge in [0.05, 0.1) is 22.2 Å². The van der Waals surface area contributed by atoms with Crippen LogP contribution < -0.4 is 11.3 Å². The van der Waals surface area contributed by atoms with Gasteiger partial charge in [0.15, 0.2) is 0 Å². The summed E-state index contributed by atoms with van der Waals surface area (Å²) in [6, 6.07) is 13.2. The molecule has 6 heteroatoms. The molecule has 0 radical (unpaired) electrons. The molecule has 5 nitrogen and oxygen atoms in total. The maximum absolute atomic E-state index is 12.4. The van der Waals surface area contributed by atoms with Gasteiger partial charge in [-0.2, -0.15) is 0 Å². The minimum atomic E-state index is -0.255. The highest BCUT2D eigenvalue weighted by molar-refractivity contribution is 9.10. The van der Waals surface area contributed by atoms with Crippen LogP contribution in [0.15, 0.2) is 51.7 Å². The number of para-hydroxylation sites is 1. The lowest BCUT2D eigenvalue weighted by atomic mass is 10.1. The van der Waals surface area contributed by atoms with Gasteiger partial charge in [-0.05, 0) is 24.3 Å². The summed E-state index contributed by atoms with van der Waals surface area (Å²) in [5.41, 5.74) is 9.10. The molecule has 0 unspecified atom stereocenters. The molecule has 4 rings (SSSR count). The number of hydrogen-bond donors (Lipinski definition) is 3. The lowest BCUT2D eigenvalue weighted by Crippen LogP contribution is -2.13. The van der Waals surface area contributed by atoms with E-state index in [1.54, 1.807) is 0 Å². The highest BCUT2D eigenvalue weighted by atomic mass is 79.9. The Labute approximate surface area is 133 Å². The van der Waals surface area contributed by atoms with Crippen molar-refractivity contribution in [2.45, 2.75) is 0 Å². The largest absolute Gasteiger partial charge is 0.397 e. The average Bonchev–Trinajstić information content (AvgIpc) is 2.89. The van der Waals surface area contributed by atoms with Crippen molar-refractivity contribution in [1.82, 2.24) is 15.0 Å². The quantitative estimate of drug-likeness (QED) is 0.489. The fourth-order valence-electron chi connectivity index (χ4n) is 2.60. The number of fused-ring (bicyclic) bond motifs is 2. The Morgan fingerprint density at radius 3 is 2.73 bits per heavy atom. The van der Waals surface area contributed by atoms with Gasteiger partial charge in [0.25, 0.3) is 5.56 Å². The van der Waals surface area contributed by atoms with Gasteiger partial charge in [-0.1, -0.05) is 34.1 Å². The molecule has 0 aliphatic heterocycles. The van der Waals surface area contributed by atoms with Crippen molar-refractivity contribution in [3.8, 4) is 11.4 Å². The van der Waals surface area contributed by atoms with E-state index >= 15 is 0 Å². The second-order valence-electron chi connectivity index (χ2n) is 5.04. The number of aromatic amines is 2. The summed E-state index contributed by atoms with van der Waals surface area (Å²) in [6.07, 6.45) is 0. The molecule has 108 valence electrons. The SMILES string of the molecule is Nc1c(-c2nc3cc(Br)ccc3[nH]2)c(=O)[nH]c2ccccc12. The summed E-state index contributed by atoms with van der Waals surface area (Å²) in [4.78, 5) is 22.9. The van der Waals surface area contributed by atoms with Gasteiger partial charge < -0.3 is 15.7 Å². The van der Waals surface area contributed by atoms with E-state index < -0.39 is 0 Å². The highest BCUT2D eigenvalue weighted by Gasteiger charge is 2.15. The zero-order chi connectivity index (χ0) is 15.3. The van der Waals surface area contributed by atoms with Crippen LogP contribution in [0.1, 0.15) is 0 Å². The van der Waals surface area contributed by atoms with Crippen molar-refractivity contribution >= 4 is 43.6 Å². The van der Waals surface area contributed by atoms with Crippen molar-refractivity contribution in [3.63, 3.8) is 0 Å². The lowest BCUT2D eigenvalue weighted by molar-refractivity contribution is 1.25. The number of nitrogens with zero attached hydrogens (tertiary/aromatic N) is 1. The van der Waals surface area contributed by atoms with E-state index in [-0.39, 0.29) is 5.56 Å². The molecule has 0 aliphatic carbocycles. The van der Waals surface area contributed by atoms with Crippen molar-refractivity contribution in [2.75, 3.05) is 5.73 Å². The van der Waals surface area contributed by atoms with Crippen LogP contribution in [0.4, 0.5) is 5.69 Å². The number of rotatable bonds is 1. The van der Waals surface area contributed by atoms with Gasteiger partial charge in [-0.15, -0.1) is 0 Å². The fraction of sp³-hybridized carbons (Fsp3) is 0. The molecule has 2 aromatic heterocycles. The first-order valence-corrected chi connectivity index (χ1v) is 7.49. The number of pyridine rings is 1. The van der Waals surface area contributed by atoms with Crippen LogP contribution in [0.5, 0.6) is 0 Å². The summed E-state index contributed by atoms with van der Waals surface area (Å²) in [6.45, 7) is 0. The van der Waals surface area contributed by atoms with Crippen LogP contribution in [0.2, 0.25) is 0 Å². The third-order valence-electron chi connectivity index (χ3n) is 3.64. The Morgan fingerprint density at radius 1 is 1.05 bits per heavy atom. The molecule has 2 aromatic carbocycles. The van der Waals surface area contributed by atoms with Gasteiger partial charge in [0.2, 0.25) is 0 Å². The lowest BCUT2D eigenvalue weighted by Gasteiger charge is -2.06. The van der Waals surface area contributed by atoms with E-state index in [1.165, 1.54) is 0 Å². The molecule has 0 saturated heterocycles. The topological polar surface area (TPSA) is 87.6 Å². The molecular weight excluding hydrogens is 344 g/mol. The van der Waals surface area contributed by atoms with Crippen LogP contribution in [-0.4, -0.2) is 15.0 Å². The van der Waals surface area contributed by atoms with Gasteiger partial charge in [-0.3, -0.25) is 4.79 Å². The van der Waals surface area contributed by atoms with Crippen molar-refractivity contribution < 1.29 is 0 Å². The smallest absolute Gasteiger partial charge is 0.261 e. The molecule has 0 amide bonds. The molecule has 0 spiro atoms. The number of anilines is 1. The number of nitrogens with one attached hydrogen (secondary N) is 2. The van der Waals surface area contributed by atoms with E-state index in [0.29, 0.717) is 22.6 Å². The number of H-pyrrole nitrogens is 2. The first kappa shape index (κ1) is 13.1. The predicted molar refractivity (Wildman–Crippen MR) is 91.8 cm³/mol. The Morgan fingerprint density at radius 2 is 1.86 bits per heavy atom. The number of imidazole rings is 1. The third kappa shape index (κ3) is 1.92. The summed E-state index contributed by atoms with van der Waals surface area (Å²) in [5, 5.41) is 0.804. The fourth-order valence-corrected chi connectivity index (χ4v) is 2.95. The second-order valence-corrected chi connectivity index (χ2v) is 5.95. The zero-order valence-corrected chi connectivity index (χ0v) is 12.9. The van der Waals surface area contributed by atoms with E-state index in [9.17, 15) is 4.79 Å². The third-order valence-corrected chi connectivity index (χ3v) is 4.14. The monoisotopic (exact) mass is 354 g/mol. The van der Waals surface area contributed by atoms with E-state index in [0.717, 1.165) is 20.9 Å². The molecular formula is C16H11BrN4O. The number of halogens is 1. The first-order valence-electron chi connectivity index (χ1n) is 6.69. The molecule has 0 atom stereocenters. The number of benzene rings is 2. The maximum Gasteiger partial charge on any atom is 0.261 e. The maximum atomic E-state index is 12.4. The minimum Gasteiger partial charge on any atom is -0.397 e. The normalized spacial score (nSPS) is 11.3. The highest BCUT2D eigenvalue weighted by Crippen LogP contribution is 2.28. The first-order chi connectivity index (χ1) is 10.6. The average molecular weight is 355 g/mol. The van der Waals surface area contributed by atoms with Gasteiger partial charge >= 0.3 is 0 Å². The van der Waals surface area contributed by atoms with E-state index in [1.807, 2.05) is 42.5 Å². The molecule has 22 heavy (non-hydrogen) atoms. The molecule has 4 N–H and O–H groups in total. The molecule has 2 heterocycles. The number of hydrogen-bond acceptors (Lipinski definition) is 3. The number of nitrogens with two attached hydrogens (primary N) is 1. The standard InChI is InChI=1S/C16H11BrN4O/c17-8-5-6-11-12(7-8)20-15(19-11)13-14(18)9-3-1-2-4-10(9)21-16(13)22/h1-7H,(H,19,20)(H3,18,21,22). The van der Waals surface area contributed by atoms with Crippen LogP contribution in [0.3, 0.4) is 0 Å². The molecule has 0 bridgehead atoms. The van der Waals surface area contributed by atoms with Crippen molar-refractivity contribution in [1.29, 1.82) is 0 Å². The summed E-state index contributed by atoms with van der Waals surface area (Å²) >= 11 is 3.41. The zero-order valence-electron chi connectivity index (χ0n) is 11.4. The Kier molecular flexibility index (Phi) is 2.80. The van der Waals surface area contributed by atoms with E-state index in [2.05, 4.69) is 30.9 Å². The number of nitrogen functional groups attached to an aromatic ring is 1. The molecule has 0 saturated carbocycles. The van der Waals surface area contributed by atoms with Gasteiger partial charge in [-0.25, -0.2) is 4.98 Å². The summed E-state index contributed by atoms with van der Waals surface area (Å²) in [7, 11) is 0. The van der Waals surface area contributed by atoms with Crippen LogP contribution >= 0.6 is 15.9 Å². The Balaban J connectivity index is 2.05. The summed E-state index contributed by atoms with van der Waals surface area (Å²) in [5.74, 6) is 0.470. The predicted octanol–water partition coefficient (Wildman–Crippen LogP) is 3.42. The molecule has 4 aromatic rings. The number of aromatic nitrogens is 3. The minimum absolute atomic E-state index is 0.255. The van der Waals surface area contributed by atoms with Crippen molar-refractivity contribution in [2.24, 2.45) is 0 Å². The van der Waals surface area contributed by atoms with Crippen LogP contribution in [0.25, 0.3) is 33.3 Å². The second kappa shape index (κ2) is 4.71. The Hall–Kier alpha value is -2.60. The van der Waals surface area contributed by atoms with Gasteiger partial charge in [0.1, 0.15) is 11.4 Å². The van der Waals surface area contributed by atoms with Crippen molar-refractivity contribution in [3.05, 3.63) is 57.3 Å². The van der Waals surface area contributed by atoms with E-state index in [4.69, 9.17) is 5.73 Å². The Bertz CT molecular complexity index is 1080. The van der Waals surface area contributed by atoms with Crippen LogP contribution in [0, 0.1) is 0 Å².